The van der Waals surface area contributed by atoms with Crippen LogP contribution in [0.1, 0.15) is 0 Å². The van der Waals surface area contributed by atoms with Crippen molar-refractivity contribution in [1.29, 1.82) is 0 Å². The van der Waals surface area contributed by atoms with Crippen LogP contribution in [0.15, 0.2) is 22.7 Å². The van der Waals surface area contributed by atoms with Crippen molar-refractivity contribution in [2.45, 2.75) is 0 Å². The van der Waals surface area contributed by atoms with Gasteiger partial charge in [-0.1, -0.05) is 22.0 Å². The Kier molecular flexibility index (Phi) is 6.20. The number of nitrogens with zero attached hydrogens (tertiary/aromatic N) is 1. The highest BCUT2D eigenvalue weighted by Crippen LogP contribution is 2.05. The van der Waals surface area contributed by atoms with Crippen LogP contribution in [0.25, 0.3) is 0 Å². The molecule has 0 radical (unpaired) electrons. The Morgan fingerprint density at radius 1 is 1.31 bits per heavy atom. The summed E-state index contributed by atoms with van der Waals surface area (Å²) in [6, 6.07) is 5.03. The average Bonchev–Trinajstić information content (AvgIpc) is 1.99. The minimum Gasteiger partial charge on any atom is -0.312 e. The quantitative estimate of drug-likeness (QED) is 0.625. The van der Waals surface area contributed by atoms with E-state index in [9.17, 15) is 4.39 Å². The highest BCUT2D eigenvalue weighted by Gasteiger charge is 1.97. The molecule has 74 valence electrons. The van der Waals surface area contributed by atoms with Crippen LogP contribution < -0.4 is 5.19 Å². The van der Waals surface area contributed by atoms with Crippen molar-refractivity contribution < 1.29 is 4.39 Å². The van der Waals surface area contributed by atoms with Crippen molar-refractivity contribution in [2.24, 2.45) is 0 Å². The Balaban J connectivity index is 0.000000310. The molecular formula is C9H15BrFNSi. The van der Waals surface area contributed by atoms with E-state index in [1.807, 2.05) is 32.1 Å². The first-order chi connectivity index (χ1) is 5.95. The molecule has 13 heavy (non-hydrogen) atoms. The zero-order valence-corrected chi connectivity index (χ0v) is 12.0. The second-order valence-corrected chi connectivity index (χ2v) is 5.04. The molecule has 0 aliphatic carbocycles. The van der Waals surface area contributed by atoms with E-state index in [4.69, 9.17) is 0 Å². The Labute approximate surface area is 90.5 Å². The highest BCUT2D eigenvalue weighted by molar-refractivity contribution is 9.10. The van der Waals surface area contributed by atoms with Gasteiger partial charge in [-0.15, -0.1) is 0 Å². The summed E-state index contributed by atoms with van der Waals surface area (Å²) < 4.78 is 13.5. The van der Waals surface area contributed by atoms with Crippen molar-refractivity contribution in [1.82, 2.24) is 4.90 Å². The van der Waals surface area contributed by atoms with Gasteiger partial charge in [0.2, 0.25) is 0 Å². The molecule has 1 aromatic rings. The molecule has 0 fully saturated rings. The molecule has 0 spiro atoms. The number of hydrogen-bond donors (Lipinski definition) is 0. The third kappa shape index (κ3) is 5.96. The highest BCUT2D eigenvalue weighted by atomic mass is 79.9. The molecule has 0 amide bonds. The molecule has 1 aromatic carbocycles. The van der Waals surface area contributed by atoms with Gasteiger partial charge in [0.15, 0.2) is 0 Å². The van der Waals surface area contributed by atoms with E-state index < -0.39 is 0 Å². The second-order valence-electron chi connectivity index (χ2n) is 3.19. The van der Waals surface area contributed by atoms with Gasteiger partial charge in [-0.25, -0.2) is 4.39 Å². The first-order valence-corrected chi connectivity index (χ1v) is 5.76. The van der Waals surface area contributed by atoms with E-state index in [1.165, 1.54) is 6.07 Å². The molecule has 0 N–H and O–H groups in total. The predicted molar refractivity (Wildman–Crippen MR) is 63.3 cm³/mol. The van der Waals surface area contributed by atoms with E-state index in [-0.39, 0.29) is 5.82 Å². The van der Waals surface area contributed by atoms with Crippen LogP contribution in [0.3, 0.4) is 0 Å². The van der Waals surface area contributed by atoms with Crippen LogP contribution in [-0.4, -0.2) is 36.3 Å². The fourth-order valence-corrected chi connectivity index (χ4v) is 1.26. The van der Waals surface area contributed by atoms with Crippen molar-refractivity contribution >= 4 is 31.4 Å². The fourth-order valence-electron chi connectivity index (χ4n) is 0.581. The summed E-state index contributed by atoms with van der Waals surface area (Å²) in [7, 11) is 6.76. The number of hydrogen-bond acceptors (Lipinski definition) is 1. The van der Waals surface area contributed by atoms with Gasteiger partial charge in [-0.05, 0) is 38.5 Å². The summed E-state index contributed by atoms with van der Waals surface area (Å²) in [5.74, 6) is -0.101. The van der Waals surface area contributed by atoms with Gasteiger partial charge in [-0.3, -0.25) is 0 Å². The molecule has 0 aliphatic rings. The number of halogens is 2. The Morgan fingerprint density at radius 2 is 1.77 bits per heavy atom. The van der Waals surface area contributed by atoms with Gasteiger partial charge in [0.25, 0.3) is 0 Å². The van der Waals surface area contributed by atoms with Crippen molar-refractivity contribution in [3.63, 3.8) is 0 Å². The lowest BCUT2D eigenvalue weighted by Gasteiger charge is -1.96. The summed E-state index contributed by atoms with van der Waals surface area (Å²) >= 11 is 3.24. The molecule has 0 atom stereocenters. The Hall–Kier alpha value is -0.193. The Bertz CT molecular complexity index is 243. The first kappa shape index (κ1) is 12.8. The Morgan fingerprint density at radius 3 is 2.08 bits per heavy atom. The zero-order chi connectivity index (χ0) is 10.4. The van der Waals surface area contributed by atoms with Crippen LogP contribution in [0, 0.1) is 5.82 Å². The molecule has 1 rings (SSSR count). The molecule has 0 saturated heterocycles. The lowest BCUT2D eigenvalue weighted by molar-refractivity contribution is 0.505. The van der Waals surface area contributed by atoms with Crippen LogP contribution in [0.2, 0.25) is 0 Å². The van der Waals surface area contributed by atoms with Crippen molar-refractivity contribution in [3.05, 3.63) is 28.5 Å². The van der Waals surface area contributed by atoms with E-state index in [1.54, 1.807) is 6.07 Å². The van der Waals surface area contributed by atoms with Crippen LogP contribution in [0.5, 0.6) is 0 Å². The fraction of sp³-hybridized carbons (Fsp3) is 0.333. The summed E-state index contributed by atoms with van der Waals surface area (Å²) in [5, 5.41) is 0.803. The van der Waals surface area contributed by atoms with Gasteiger partial charge in [0, 0.05) is 14.7 Å². The topological polar surface area (TPSA) is 3.24 Å². The van der Waals surface area contributed by atoms with Crippen LogP contribution >= 0.6 is 15.9 Å². The second kappa shape index (κ2) is 6.29. The van der Waals surface area contributed by atoms with Gasteiger partial charge in [0.05, 0.1) is 0 Å². The molecular weight excluding hydrogens is 249 g/mol. The van der Waals surface area contributed by atoms with Gasteiger partial charge < -0.3 is 4.90 Å². The molecule has 0 saturated carbocycles. The monoisotopic (exact) mass is 263 g/mol. The standard InChI is InChI=1S/C6H6BrFSi.C3H9N/c7-4-2-1-3-5(8)6(4)9;1-4(2)3/h1-3H,9H3;1-3H3. The van der Waals surface area contributed by atoms with Crippen LogP contribution in [-0.2, 0) is 0 Å². The molecule has 0 aromatic heterocycles. The molecule has 1 nitrogen and oxygen atoms in total. The van der Waals surface area contributed by atoms with Gasteiger partial charge in [-0.2, -0.15) is 0 Å². The first-order valence-electron chi connectivity index (χ1n) is 3.96. The third-order valence-corrected chi connectivity index (χ3v) is 3.81. The number of rotatable bonds is 0. The minimum absolute atomic E-state index is 0.101. The molecule has 0 bridgehead atoms. The van der Waals surface area contributed by atoms with Crippen molar-refractivity contribution in [2.75, 3.05) is 21.1 Å². The van der Waals surface area contributed by atoms with E-state index in [2.05, 4.69) is 15.9 Å². The lowest BCUT2D eigenvalue weighted by Crippen LogP contribution is -2.08. The van der Waals surface area contributed by atoms with E-state index in [0.29, 0.717) is 0 Å². The maximum Gasteiger partial charge on any atom is 0.122 e. The zero-order valence-electron chi connectivity index (χ0n) is 8.44. The average molecular weight is 264 g/mol. The van der Waals surface area contributed by atoms with E-state index in [0.717, 1.165) is 19.9 Å². The maximum absolute atomic E-state index is 12.6. The summed E-state index contributed by atoms with van der Waals surface area (Å²) in [4.78, 5) is 2.00. The summed E-state index contributed by atoms with van der Waals surface area (Å²) in [6.45, 7) is 0. The SMILES string of the molecule is CN(C)C.Fc1cccc(Br)c1[SiH3]. The molecule has 0 heterocycles. The van der Waals surface area contributed by atoms with Gasteiger partial charge >= 0.3 is 0 Å². The normalized spacial score (nSPS) is 9.69. The predicted octanol–water partition coefficient (Wildman–Crippen LogP) is 0.757. The third-order valence-electron chi connectivity index (χ3n) is 1.20. The van der Waals surface area contributed by atoms with E-state index >= 15 is 0 Å². The summed E-state index contributed by atoms with van der Waals surface area (Å²) in [5.41, 5.74) is 0. The van der Waals surface area contributed by atoms with Gasteiger partial charge in [0.1, 0.15) is 5.82 Å². The minimum atomic E-state index is -0.101. The number of benzene rings is 1. The lowest BCUT2D eigenvalue weighted by atomic mass is 10.3. The summed E-state index contributed by atoms with van der Waals surface area (Å²) in [6.07, 6.45) is 0. The maximum atomic E-state index is 12.6. The molecule has 0 unspecified atom stereocenters. The van der Waals surface area contributed by atoms with Crippen molar-refractivity contribution in [3.8, 4) is 0 Å². The largest absolute Gasteiger partial charge is 0.312 e. The smallest absolute Gasteiger partial charge is 0.122 e. The molecule has 4 heteroatoms. The molecule has 0 aliphatic heterocycles. The van der Waals surface area contributed by atoms with Crippen LogP contribution in [0.4, 0.5) is 4.39 Å².